The van der Waals surface area contributed by atoms with Crippen LogP contribution in [0.25, 0.3) is 0 Å². The molecule has 2 atom stereocenters. The predicted octanol–water partition coefficient (Wildman–Crippen LogP) is 3.47. The maximum absolute atomic E-state index is 6.01. The van der Waals surface area contributed by atoms with Gasteiger partial charge in [0, 0.05) is 12.6 Å². The summed E-state index contributed by atoms with van der Waals surface area (Å²) < 4.78 is 5.78. The average molecular weight is 289 g/mol. The van der Waals surface area contributed by atoms with Crippen LogP contribution in [0.4, 0.5) is 11.5 Å². The molecule has 116 valence electrons. The molecule has 0 bridgehead atoms. The van der Waals surface area contributed by atoms with E-state index < -0.39 is 0 Å². The van der Waals surface area contributed by atoms with Crippen molar-refractivity contribution in [2.45, 2.75) is 52.0 Å². The number of nitrogen functional groups attached to an aromatic ring is 1. The summed E-state index contributed by atoms with van der Waals surface area (Å²) in [7, 11) is 0. The molecule has 21 heavy (non-hydrogen) atoms. The highest BCUT2D eigenvalue weighted by atomic mass is 16.5. The highest BCUT2D eigenvalue weighted by Gasteiger charge is 2.35. The second-order valence-electron chi connectivity index (χ2n) is 6.86. The Morgan fingerprint density at radius 1 is 1.29 bits per heavy atom. The van der Waals surface area contributed by atoms with Gasteiger partial charge in [0.05, 0.1) is 12.3 Å². The minimum atomic E-state index is 0.476. The second-order valence-corrected chi connectivity index (χ2v) is 6.86. The molecule has 2 unspecified atom stereocenters. The minimum Gasteiger partial charge on any atom is -0.476 e. The van der Waals surface area contributed by atoms with Crippen molar-refractivity contribution >= 4 is 11.5 Å². The highest BCUT2D eigenvalue weighted by Crippen LogP contribution is 2.39. The van der Waals surface area contributed by atoms with Crippen molar-refractivity contribution in [3.63, 3.8) is 0 Å². The van der Waals surface area contributed by atoms with Crippen LogP contribution in [-0.4, -0.2) is 24.2 Å². The van der Waals surface area contributed by atoms with Crippen molar-refractivity contribution in [3.05, 3.63) is 12.1 Å². The fourth-order valence-electron chi connectivity index (χ4n) is 3.70. The van der Waals surface area contributed by atoms with Gasteiger partial charge in [-0.3, -0.25) is 0 Å². The van der Waals surface area contributed by atoms with Crippen LogP contribution in [0.3, 0.4) is 0 Å². The minimum absolute atomic E-state index is 0.476. The van der Waals surface area contributed by atoms with Crippen LogP contribution >= 0.6 is 0 Å². The van der Waals surface area contributed by atoms with Gasteiger partial charge in [-0.15, -0.1) is 0 Å². The van der Waals surface area contributed by atoms with Gasteiger partial charge in [-0.05, 0) is 49.7 Å². The number of hydrogen-bond acceptors (Lipinski definition) is 4. The van der Waals surface area contributed by atoms with Gasteiger partial charge in [0.1, 0.15) is 5.82 Å². The molecule has 1 aromatic rings. The van der Waals surface area contributed by atoms with Crippen molar-refractivity contribution < 1.29 is 4.74 Å². The normalized spacial score (nSPS) is 25.2. The van der Waals surface area contributed by atoms with Crippen LogP contribution in [0.1, 0.15) is 46.0 Å². The molecular formula is C17H27N3O. The van der Waals surface area contributed by atoms with Gasteiger partial charge < -0.3 is 15.4 Å². The van der Waals surface area contributed by atoms with Crippen molar-refractivity contribution in [2.75, 3.05) is 23.8 Å². The molecule has 1 saturated carbocycles. The number of anilines is 2. The molecule has 1 aromatic heterocycles. The lowest BCUT2D eigenvalue weighted by molar-refractivity contribution is 0.262. The summed E-state index contributed by atoms with van der Waals surface area (Å²) in [4.78, 5) is 7.20. The second kappa shape index (κ2) is 6.12. The van der Waals surface area contributed by atoms with E-state index in [1.54, 1.807) is 0 Å². The van der Waals surface area contributed by atoms with Crippen LogP contribution in [0.5, 0.6) is 5.88 Å². The molecule has 4 nitrogen and oxygen atoms in total. The molecule has 1 aliphatic heterocycles. The molecule has 3 rings (SSSR count). The predicted molar refractivity (Wildman–Crippen MR) is 86.7 cm³/mol. The van der Waals surface area contributed by atoms with Gasteiger partial charge in [-0.25, -0.2) is 0 Å². The SMILES string of the molecule is CC(C)COc1nc(N2CCCC3CCCC32)ccc1N. The first-order valence-corrected chi connectivity index (χ1v) is 8.31. The van der Waals surface area contributed by atoms with Gasteiger partial charge in [-0.1, -0.05) is 20.3 Å². The number of nitrogens with two attached hydrogens (primary N) is 1. The molecule has 0 radical (unpaired) electrons. The zero-order chi connectivity index (χ0) is 14.8. The molecule has 1 aliphatic carbocycles. The highest BCUT2D eigenvalue weighted by molar-refractivity contribution is 5.55. The summed E-state index contributed by atoms with van der Waals surface area (Å²) in [6.07, 6.45) is 6.70. The number of aromatic nitrogens is 1. The summed E-state index contributed by atoms with van der Waals surface area (Å²) in [5, 5.41) is 0. The standard InChI is InChI=1S/C17H27N3O/c1-12(2)11-21-17-14(18)8-9-16(19-17)20-10-4-6-13-5-3-7-15(13)20/h8-9,12-13,15H,3-7,10-11,18H2,1-2H3. The largest absolute Gasteiger partial charge is 0.476 e. The summed E-state index contributed by atoms with van der Waals surface area (Å²) in [6, 6.07) is 4.67. The van der Waals surface area contributed by atoms with Crippen LogP contribution in [0, 0.1) is 11.8 Å². The van der Waals surface area contributed by atoms with Crippen LogP contribution < -0.4 is 15.4 Å². The van der Waals surface area contributed by atoms with Crippen LogP contribution in [-0.2, 0) is 0 Å². The lowest BCUT2D eigenvalue weighted by atomic mass is 9.92. The van der Waals surface area contributed by atoms with Gasteiger partial charge >= 0.3 is 0 Å². The van der Waals surface area contributed by atoms with E-state index in [2.05, 4.69) is 24.8 Å². The van der Waals surface area contributed by atoms with Gasteiger partial charge in [0.2, 0.25) is 5.88 Å². The van der Waals surface area contributed by atoms with Crippen molar-refractivity contribution in [1.82, 2.24) is 4.98 Å². The zero-order valence-electron chi connectivity index (χ0n) is 13.2. The molecule has 4 heteroatoms. The lowest BCUT2D eigenvalue weighted by Gasteiger charge is -2.38. The molecule has 0 aromatic carbocycles. The molecule has 1 saturated heterocycles. The third-order valence-electron chi connectivity index (χ3n) is 4.72. The molecule has 2 N–H and O–H groups in total. The lowest BCUT2D eigenvalue weighted by Crippen LogP contribution is -2.43. The number of fused-ring (bicyclic) bond motifs is 1. The van der Waals surface area contributed by atoms with Gasteiger partial charge in [-0.2, -0.15) is 4.98 Å². The van der Waals surface area contributed by atoms with E-state index in [0.717, 1.165) is 18.3 Å². The van der Waals surface area contributed by atoms with E-state index in [1.807, 2.05) is 6.07 Å². The van der Waals surface area contributed by atoms with Crippen molar-refractivity contribution in [2.24, 2.45) is 11.8 Å². The number of pyridine rings is 1. The Hall–Kier alpha value is -1.45. The van der Waals surface area contributed by atoms with Crippen molar-refractivity contribution in [1.29, 1.82) is 0 Å². The van der Waals surface area contributed by atoms with E-state index in [4.69, 9.17) is 15.5 Å². The van der Waals surface area contributed by atoms with Gasteiger partial charge in [0.25, 0.3) is 0 Å². The van der Waals surface area contributed by atoms with E-state index >= 15 is 0 Å². The van der Waals surface area contributed by atoms with Crippen molar-refractivity contribution in [3.8, 4) is 5.88 Å². The Balaban J connectivity index is 1.79. The third-order valence-corrected chi connectivity index (χ3v) is 4.72. The molecule has 0 amide bonds. The first kappa shape index (κ1) is 14.5. The Morgan fingerprint density at radius 2 is 2.10 bits per heavy atom. The summed E-state index contributed by atoms with van der Waals surface area (Å²) in [6.45, 7) is 6.04. The molecule has 2 aliphatic rings. The van der Waals surface area contributed by atoms with E-state index in [-0.39, 0.29) is 0 Å². The number of hydrogen-bond donors (Lipinski definition) is 1. The Kier molecular flexibility index (Phi) is 4.22. The van der Waals surface area contributed by atoms with E-state index in [9.17, 15) is 0 Å². The molecule has 0 spiro atoms. The third kappa shape index (κ3) is 3.09. The number of ether oxygens (including phenoxy) is 1. The quantitative estimate of drug-likeness (QED) is 0.922. The fraction of sp³-hybridized carbons (Fsp3) is 0.706. The Bertz CT molecular complexity index is 489. The average Bonchev–Trinajstić information content (AvgIpc) is 2.94. The first-order valence-electron chi connectivity index (χ1n) is 8.31. The van der Waals surface area contributed by atoms with E-state index in [1.165, 1.54) is 32.1 Å². The van der Waals surface area contributed by atoms with Crippen LogP contribution in [0.2, 0.25) is 0 Å². The number of nitrogens with zero attached hydrogens (tertiary/aromatic N) is 2. The van der Waals surface area contributed by atoms with Gasteiger partial charge in [0.15, 0.2) is 0 Å². The first-order chi connectivity index (χ1) is 10.1. The molecule has 2 heterocycles. The maximum Gasteiger partial charge on any atom is 0.239 e. The van der Waals surface area contributed by atoms with Crippen LogP contribution in [0.15, 0.2) is 12.1 Å². The molecule has 2 fully saturated rings. The Morgan fingerprint density at radius 3 is 2.90 bits per heavy atom. The topological polar surface area (TPSA) is 51.4 Å². The summed E-state index contributed by atoms with van der Waals surface area (Å²) >= 11 is 0. The number of rotatable bonds is 4. The fourth-order valence-corrected chi connectivity index (χ4v) is 3.70. The molecular weight excluding hydrogens is 262 g/mol. The van der Waals surface area contributed by atoms with E-state index in [0.29, 0.717) is 30.1 Å². The zero-order valence-corrected chi connectivity index (χ0v) is 13.2. The monoisotopic (exact) mass is 289 g/mol. The summed E-state index contributed by atoms with van der Waals surface area (Å²) in [5.41, 5.74) is 6.64. The summed E-state index contributed by atoms with van der Waals surface area (Å²) in [5.74, 6) is 2.98. The maximum atomic E-state index is 6.01. The smallest absolute Gasteiger partial charge is 0.239 e. The Labute approximate surface area is 127 Å². The number of piperidine rings is 1.